The number of hydrogen-bond acceptors (Lipinski definition) is 3. The summed E-state index contributed by atoms with van der Waals surface area (Å²) in [4.78, 5) is 7.51. The molecule has 1 aromatic rings. The minimum atomic E-state index is -0.108. The maximum Gasteiger partial charge on any atom is 0.314 e. The summed E-state index contributed by atoms with van der Waals surface area (Å²) >= 11 is 0. The van der Waals surface area contributed by atoms with Crippen LogP contribution in [-0.4, -0.2) is 15.1 Å². The summed E-state index contributed by atoms with van der Waals surface area (Å²) < 4.78 is 0. The monoisotopic (exact) mass is 150 g/mol. The molecule has 1 aliphatic carbocycles. The Hall–Kier alpha value is -1.12. The number of rotatable bonds is 2. The van der Waals surface area contributed by atoms with E-state index in [1.807, 2.05) is 6.07 Å². The lowest BCUT2D eigenvalue weighted by Gasteiger charge is -1.96. The quantitative estimate of drug-likeness (QED) is 0.687. The van der Waals surface area contributed by atoms with Crippen molar-refractivity contribution in [1.82, 2.24) is 9.97 Å². The largest absolute Gasteiger partial charge is 0.479 e. The van der Waals surface area contributed by atoms with Crippen LogP contribution in [0.25, 0.3) is 0 Å². The third-order valence-electron chi connectivity index (χ3n) is 1.90. The molecule has 0 aliphatic heterocycles. The van der Waals surface area contributed by atoms with Gasteiger partial charge in [0.25, 0.3) is 0 Å². The average molecular weight is 150 g/mol. The SMILES string of the molecule is Oc1nccc(CC2CC2)n1. The smallest absolute Gasteiger partial charge is 0.314 e. The average Bonchev–Trinajstić information content (AvgIpc) is 2.71. The van der Waals surface area contributed by atoms with E-state index >= 15 is 0 Å². The molecule has 1 saturated carbocycles. The molecule has 0 unspecified atom stereocenters. The number of hydrogen-bond donors (Lipinski definition) is 1. The predicted octanol–water partition coefficient (Wildman–Crippen LogP) is 1.13. The fraction of sp³-hybridized carbons (Fsp3) is 0.500. The first-order valence-electron chi connectivity index (χ1n) is 3.85. The molecule has 2 rings (SSSR count). The zero-order valence-electron chi connectivity index (χ0n) is 6.20. The van der Waals surface area contributed by atoms with E-state index in [4.69, 9.17) is 5.11 Å². The van der Waals surface area contributed by atoms with Crippen molar-refractivity contribution in [3.05, 3.63) is 18.0 Å². The Morgan fingerprint density at radius 1 is 1.55 bits per heavy atom. The van der Waals surface area contributed by atoms with Crippen molar-refractivity contribution in [2.45, 2.75) is 19.3 Å². The molecular formula is C8H10N2O. The number of aromatic nitrogens is 2. The summed E-state index contributed by atoms with van der Waals surface area (Å²) in [5.41, 5.74) is 0.958. The minimum absolute atomic E-state index is 0.108. The van der Waals surface area contributed by atoms with Crippen LogP contribution in [0.4, 0.5) is 0 Å². The van der Waals surface area contributed by atoms with E-state index in [2.05, 4.69) is 9.97 Å². The second-order valence-corrected chi connectivity index (χ2v) is 3.00. The van der Waals surface area contributed by atoms with Gasteiger partial charge in [-0.3, -0.25) is 0 Å². The van der Waals surface area contributed by atoms with E-state index in [1.165, 1.54) is 12.8 Å². The molecule has 1 heterocycles. The first-order chi connectivity index (χ1) is 5.34. The number of aromatic hydroxyl groups is 1. The Morgan fingerprint density at radius 3 is 3.00 bits per heavy atom. The fourth-order valence-electron chi connectivity index (χ4n) is 1.12. The van der Waals surface area contributed by atoms with Gasteiger partial charge in [0.2, 0.25) is 0 Å². The van der Waals surface area contributed by atoms with Crippen LogP contribution in [0.15, 0.2) is 12.3 Å². The summed E-state index contributed by atoms with van der Waals surface area (Å²) in [7, 11) is 0. The first kappa shape index (κ1) is 6.58. The molecule has 0 atom stereocenters. The van der Waals surface area contributed by atoms with E-state index < -0.39 is 0 Å². The van der Waals surface area contributed by atoms with Crippen molar-refractivity contribution < 1.29 is 5.11 Å². The Balaban J connectivity index is 2.10. The van der Waals surface area contributed by atoms with Crippen molar-refractivity contribution in [3.8, 4) is 6.01 Å². The van der Waals surface area contributed by atoms with Crippen LogP contribution in [0.1, 0.15) is 18.5 Å². The van der Waals surface area contributed by atoms with Gasteiger partial charge >= 0.3 is 6.01 Å². The van der Waals surface area contributed by atoms with E-state index in [0.29, 0.717) is 0 Å². The second kappa shape index (κ2) is 2.49. The van der Waals surface area contributed by atoms with Crippen molar-refractivity contribution in [1.29, 1.82) is 0 Å². The second-order valence-electron chi connectivity index (χ2n) is 3.00. The van der Waals surface area contributed by atoms with E-state index in [9.17, 15) is 0 Å². The molecule has 0 radical (unpaired) electrons. The molecule has 0 spiro atoms. The highest BCUT2D eigenvalue weighted by atomic mass is 16.3. The molecule has 0 saturated heterocycles. The minimum Gasteiger partial charge on any atom is -0.479 e. The van der Waals surface area contributed by atoms with Gasteiger partial charge in [0.1, 0.15) is 0 Å². The standard InChI is InChI=1S/C8H10N2O/c11-8-9-4-3-7(10-8)5-6-1-2-6/h3-4,6H,1-2,5H2,(H,9,10,11). The third-order valence-corrected chi connectivity index (χ3v) is 1.90. The molecule has 1 aliphatic rings. The zero-order valence-corrected chi connectivity index (χ0v) is 6.20. The summed E-state index contributed by atoms with van der Waals surface area (Å²) in [6.45, 7) is 0. The van der Waals surface area contributed by atoms with Gasteiger partial charge in [-0.1, -0.05) is 0 Å². The molecule has 1 N–H and O–H groups in total. The maximum atomic E-state index is 8.92. The summed E-state index contributed by atoms with van der Waals surface area (Å²) in [5, 5.41) is 8.92. The van der Waals surface area contributed by atoms with Crippen molar-refractivity contribution in [2.24, 2.45) is 5.92 Å². The normalized spacial score (nSPS) is 16.7. The molecule has 0 bridgehead atoms. The first-order valence-corrected chi connectivity index (χ1v) is 3.85. The van der Waals surface area contributed by atoms with E-state index in [1.54, 1.807) is 6.20 Å². The van der Waals surface area contributed by atoms with Crippen LogP contribution in [0.2, 0.25) is 0 Å². The van der Waals surface area contributed by atoms with Gasteiger partial charge in [0.05, 0.1) is 0 Å². The Kier molecular flexibility index (Phi) is 1.49. The van der Waals surface area contributed by atoms with Gasteiger partial charge in [-0.15, -0.1) is 0 Å². The van der Waals surface area contributed by atoms with Gasteiger partial charge < -0.3 is 5.11 Å². The molecule has 58 valence electrons. The van der Waals surface area contributed by atoms with Crippen LogP contribution < -0.4 is 0 Å². The molecule has 1 fully saturated rings. The Labute approximate surface area is 65.1 Å². The van der Waals surface area contributed by atoms with Gasteiger partial charge in [-0.05, 0) is 31.2 Å². The Morgan fingerprint density at radius 2 is 2.36 bits per heavy atom. The van der Waals surface area contributed by atoms with E-state index in [0.717, 1.165) is 18.0 Å². The van der Waals surface area contributed by atoms with Gasteiger partial charge in [0, 0.05) is 11.9 Å². The van der Waals surface area contributed by atoms with Crippen molar-refractivity contribution in [2.75, 3.05) is 0 Å². The van der Waals surface area contributed by atoms with Crippen LogP contribution in [0.5, 0.6) is 6.01 Å². The Bertz CT molecular complexity index is 258. The van der Waals surface area contributed by atoms with Crippen LogP contribution >= 0.6 is 0 Å². The lowest BCUT2D eigenvalue weighted by atomic mass is 10.2. The summed E-state index contributed by atoms with van der Waals surface area (Å²) in [5.74, 6) is 0.810. The van der Waals surface area contributed by atoms with Gasteiger partial charge in [-0.25, -0.2) is 9.97 Å². The highest BCUT2D eigenvalue weighted by molar-refractivity contribution is 5.06. The van der Waals surface area contributed by atoms with Crippen LogP contribution in [0, 0.1) is 5.92 Å². The lowest BCUT2D eigenvalue weighted by Crippen LogP contribution is -1.92. The molecule has 3 nitrogen and oxygen atoms in total. The highest BCUT2D eigenvalue weighted by Gasteiger charge is 2.21. The van der Waals surface area contributed by atoms with Crippen LogP contribution in [-0.2, 0) is 6.42 Å². The summed E-state index contributed by atoms with van der Waals surface area (Å²) in [6, 6.07) is 1.75. The molecule has 0 aromatic carbocycles. The highest BCUT2D eigenvalue weighted by Crippen LogP contribution is 2.31. The predicted molar refractivity (Wildman–Crippen MR) is 40.1 cm³/mol. The summed E-state index contributed by atoms with van der Waals surface area (Å²) in [6.07, 6.45) is 5.21. The lowest BCUT2D eigenvalue weighted by molar-refractivity contribution is 0.427. The molecule has 11 heavy (non-hydrogen) atoms. The maximum absolute atomic E-state index is 8.92. The topological polar surface area (TPSA) is 46.0 Å². The third kappa shape index (κ3) is 1.67. The fourth-order valence-corrected chi connectivity index (χ4v) is 1.12. The van der Waals surface area contributed by atoms with Crippen molar-refractivity contribution in [3.63, 3.8) is 0 Å². The molecule has 1 aromatic heterocycles. The molecule has 0 amide bonds. The number of nitrogens with zero attached hydrogens (tertiary/aromatic N) is 2. The molecule has 3 heteroatoms. The van der Waals surface area contributed by atoms with Gasteiger partial charge in [0.15, 0.2) is 0 Å². The zero-order chi connectivity index (χ0) is 7.68. The van der Waals surface area contributed by atoms with Crippen molar-refractivity contribution >= 4 is 0 Å². The van der Waals surface area contributed by atoms with Gasteiger partial charge in [-0.2, -0.15) is 0 Å². The van der Waals surface area contributed by atoms with E-state index in [-0.39, 0.29) is 6.01 Å². The van der Waals surface area contributed by atoms with Crippen LogP contribution in [0.3, 0.4) is 0 Å². The molecular weight excluding hydrogens is 140 g/mol.